The van der Waals surface area contributed by atoms with Gasteiger partial charge in [0.2, 0.25) is 5.91 Å². The molecule has 33 heavy (non-hydrogen) atoms. The quantitative estimate of drug-likeness (QED) is 0.678. The van der Waals surface area contributed by atoms with E-state index in [2.05, 4.69) is 26.5 Å². The molecule has 1 aromatic rings. The van der Waals surface area contributed by atoms with Crippen LogP contribution in [-0.4, -0.2) is 73.9 Å². The number of ether oxygens (including phenoxy) is 1. The molecule has 5 fully saturated rings. The number of fused-ring (bicyclic) bond motifs is 3. The monoisotopic (exact) mass is 453 g/mol. The van der Waals surface area contributed by atoms with Crippen molar-refractivity contribution in [2.45, 2.75) is 62.3 Å². The predicted molar refractivity (Wildman–Crippen MR) is 121 cm³/mol. The van der Waals surface area contributed by atoms with Gasteiger partial charge in [0.05, 0.1) is 31.4 Å². The van der Waals surface area contributed by atoms with Gasteiger partial charge in [-0.2, -0.15) is 5.26 Å². The lowest BCUT2D eigenvalue weighted by Crippen LogP contribution is -2.52. The highest BCUT2D eigenvalue weighted by molar-refractivity contribution is 5.83. The molecule has 2 bridgehead atoms. The van der Waals surface area contributed by atoms with E-state index in [1.54, 1.807) is 12.1 Å². The SMILES string of the molecule is N#C[C@H](Cc1ccc(N2CC3CCN(C4COC4)C3C2)cc1F)NC(=O)[C@H]1N[C@@H]2CC[C@H]1C2. The Labute approximate surface area is 194 Å². The number of anilines is 1. The number of nitrogens with zero attached hydrogens (tertiary/aromatic N) is 3. The highest BCUT2D eigenvalue weighted by Crippen LogP contribution is 2.37. The van der Waals surface area contributed by atoms with E-state index in [-0.39, 0.29) is 24.2 Å². The normalized spacial score (nSPS) is 34.2. The molecular weight excluding hydrogens is 421 g/mol. The van der Waals surface area contributed by atoms with Gasteiger partial charge in [-0.1, -0.05) is 6.07 Å². The van der Waals surface area contributed by atoms with E-state index in [0.717, 1.165) is 57.8 Å². The highest BCUT2D eigenvalue weighted by Gasteiger charge is 2.45. The first-order chi connectivity index (χ1) is 16.1. The summed E-state index contributed by atoms with van der Waals surface area (Å²) in [6, 6.07) is 8.04. The van der Waals surface area contributed by atoms with Crippen molar-refractivity contribution < 1.29 is 13.9 Å². The first-order valence-corrected chi connectivity index (χ1v) is 12.4. The summed E-state index contributed by atoms with van der Waals surface area (Å²) in [6.07, 6.45) is 4.59. The standard InChI is InChI=1S/C25H32FN5O2/c26-22-9-20(30-11-17-5-6-31(23(17)12-30)21-13-33-14-21)4-2-15(22)7-19(10-27)29-25(32)24-16-1-3-18(8-16)28-24/h2,4,9,16-19,21,23-24,28H,1,3,5-8,11-14H2,(H,29,32)/t16-,17?,18+,19-,23?,24-/m0/s1. The first kappa shape index (κ1) is 21.3. The van der Waals surface area contributed by atoms with Crippen LogP contribution >= 0.6 is 0 Å². The maximum atomic E-state index is 15.0. The van der Waals surface area contributed by atoms with Crippen molar-refractivity contribution in [2.24, 2.45) is 11.8 Å². The Hall–Kier alpha value is -2.21. The van der Waals surface area contributed by atoms with Gasteiger partial charge in [-0.15, -0.1) is 0 Å². The maximum absolute atomic E-state index is 15.0. The second-order valence-corrected chi connectivity index (χ2v) is 10.5. The Kier molecular flexibility index (Phi) is 5.52. The van der Waals surface area contributed by atoms with Crippen LogP contribution < -0.4 is 15.5 Å². The van der Waals surface area contributed by atoms with Crippen molar-refractivity contribution in [3.8, 4) is 6.07 Å². The van der Waals surface area contributed by atoms with E-state index < -0.39 is 6.04 Å². The van der Waals surface area contributed by atoms with E-state index in [9.17, 15) is 10.1 Å². The number of carbonyl (C=O) groups excluding carboxylic acids is 1. The molecule has 1 aromatic carbocycles. The molecule has 5 aliphatic rings. The summed E-state index contributed by atoms with van der Waals surface area (Å²) in [7, 11) is 0. The van der Waals surface area contributed by atoms with Gasteiger partial charge in [-0.25, -0.2) is 4.39 Å². The summed E-state index contributed by atoms with van der Waals surface area (Å²) < 4.78 is 20.4. The Morgan fingerprint density at radius 2 is 2.15 bits per heavy atom. The molecule has 2 N–H and O–H groups in total. The van der Waals surface area contributed by atoms with Crippen LogP contribution in [0.3, 0.4) is 0 Å². The van der Waals surface area contributed by atoms with Gasteiger partial charge < -0.3 is 20.3 Å². The third-order valence-corrected chi connectivity index (χ3v) is 8.62. The number of nitrogens with one attached hydrogen (secondary N) is 2. The van der Waals surface area contributed by atoms with Crippen molar-refractivity contribution in [3.63, 3.8) is 0 Å². The minimum atomic E-state index is -0.733. The number of amides is 1. The number of halogens is 1. The fraction of sp³-hybridized carbons (Fsp3) is 0.680. The van der Waals surface area contributed by atoms with E-state index in [0.29, 0.717) is 35.5 Å². The molecule has 4 heterocycles. The summed E-state index contributed by atoms with van der Waals surface area (Å²) in [5.41, 5.74) is 1.37. The zero-order valence-electron chi connectivity index (χ0n) is 18.9. The lowest BCUT2D eigenvalue weighted by Gasteiger charge is -2.38. The average Bonchev–Trinajstić information content (AvgIpc) is 3.55. The summed E-state index contributed by atoms with van der Waals surface area (Å²) >= 11 is 0. The number of piperidine rings is 1. The minimum absolute atomic E-state index is 0.129. The number of likely N-dealkylation sites (tertiary alicyclic amines) is 1. The molecule has 1 saturated carbocycles. The second-order valence-electron chi connectivity index (χ2n) is 10.5. The lowest BCUT2D eigenvalue weighted by atomic mass is 9.98. The Morgan fingerprint density at radius 3 is 2.82 bits per heavy atom. The summed E-state index contributed by atoms with van der Waals surface area (Å²) in [5, 5.41) is 15.8. The maximum Gasteiger partial charge on any atom is 0.238 e. The van der Waals surface area contributed by atoms with Gasteiger partial charge >= 0.3 is 0 Å². The molecule has 0 spiro atoms. The second kappa shape index (κ2) is 8.53. The van der Waals surface area contributed by atoms with Gasteiger partial charge in [0.25, 0.3) is 0 Å². The fourth-order valence-electron chi connectivity index (χ4n) is 6.73. The topological polar surface area (TPSA) is 80.6 Å². The van der Waals surface area contributed by atoms with Crippen molar-refractivity contribution in [1.82, 2.24) is 15.5 Å². The third kappa shape index (κ3) is 3.90. The van der Waals surface area contributed by atoms with Crippen molar-refractivity contribution in [3.05, 3.63) is 29.6 Å². The number of carbonyl (C=O) groups is 1. The molecule has 8 heteroatoms. The molecule has 6 atom stereocenters. The van der Waals surface area contributed by atoms with Crippen LogP contribution in [0.15, 0.2) is 18.2 Å². The zero-order chi connectivity index (χ0) is 22.5. The van der Waals surface area contributed by atoms with E-state index >= 15 is 4.39 Å². The molecule has 4 saturated heterocycles. The van der Waals surface area contributed by atoms with Crippen LogP contribution in [0.1, 0.15) is 31.2 Å². The number of hydrogen-bond acceptors (Lipinski definition) is 6. The average molecular weight is 454 g/mol. The molecule has 1 aliphatic carbocycles. The van der Waals surface area contributed by atoms with Gasteiger partial charge in [0, 0.05) is 37.3 Å². The van der Waals surface area contributed by atoms with Crippen LogP contribution in [0.5, 0.6) is 0 Å². The number of hydrogen-bond donors (Lipinski definition) is 2. The van der Waals surface area contributed by atoms with E-state index in [4.69, 9.17) is 4.74 Å². The number of nitriles is 1. The van der Waals surface area contributed by atoms with Gasteiger partial charge in [-0.3, -0.25) is 9.69 Å². The largest absolute Gasteiger partial charge is 0.378 e. The van der Waals surface area contributed by atoms with Crippen molar-refractivity contribution in [1.29, 1.82) is 5.26 Å². The molecule has 2 unspecified atom stereocenters. The summed E-state index contributed by atoms with van der Waals surface area (Å²) in [6.45, 7) is 4.69. The summed E-state index contributed by atoms with van der Waals surface area (Å²) in [4.78, 5) is 17.5. The van der Waals surface area contributed by atoms with E-state index in [1.807, 2.05) is 6.07 Å². The smallest absolute Gasteiger partial charge is 0.238 e. The molecule has 0 aromatic heterocycles. The van der Waals surface area contributed by atoms with E-state index in [1.165, 1.54) is 6.42 Å². The summed E-state index contributed by atoms with van der Waals surface area (Å²) in [5.74, 6) is 0.557. The molecule has 7 nitrogen and oxygen atoms in total. The number of rotatable bonds is 6. The van der Waals surface area contributed by atoms with Crippen LogP contribution in [0.25, 0.3) is 0 Å². The molecule has 0 radical (unpaired) electrons. The Balaban J connectivity index is 1.08. The van der Waals surface area contributed by atoms with Gasteiger partial charge in [-0.05, 0) is 61.8 Å². The van der Waals surface area contributed by atoms with Crippen molar-refractivity contribution in [2.75, 3.05) is 37.7 Å². The number of benzene rings is 1. The highest BCUT2D eigenvalue weighted by atomic mass is 19.1. The van der Waals surface area contributed by atoms with Crippen LogP contribution in [-0.2, 0) is 16.0 Å². The third-order valence-electron chi connectivity index (χ3n) is 8.62. The minimum Gasteiger partial charge on any atom is -0.378 e. The van der Waals surface area contributed by atoms with Crippen LogP contribution in [0.2, 0.25) is 0 Å². The fourth-order valence-corrected chi connectivity index (χ4v) is 6.73. The zero-order valence-corrected chi connectivity index (χ0v) is 18.9. The molecule has 176 valence electrons. The van der Waals surface area contributed by atoms with Crippen LogP contribution in [0, 0.1) is 29.0 Å². The predicted octanol–water partition coefficient (Wildman–Crippen LogP) is 1.43. The Morgan fingerprint density at radius 1 is 1.27 bits per heavy atom. The first-order valence-electron chi connectivity index (χ1n) is 12.4. The van der Waals surface area contributed by atoms with Gasteiger partial charge in [0.1, 0.15) is 11.9 Å². The molecule has 6 rings (SSSR count). The molecule has 4 aliphatic heterocycles. The lowest BCUT2D eigenvalue weighted by molar-refractivity contribution is -0.124. The molecule has 1 amide bonds. The van der Waals surface area contributed by atoms with Crippen molar-refractivity contribution >= 4 is 11.6 Å². The Bertz CT molecular complexity index is 963. The molecular formula is C25H32FN5O2. The van der Waals surface area contributed by atoms with Crippen LogP contribution in [0.4, 0.5) is 10.1 Å². The van der Waals surface area contributed by atoms with Gasteiger partial charge in [0.15, 0.2) is 0 Å².